The Kier molecular flexibility index (Phi) is 5.27. The number of aromatic nitrogens is 1. The molecule has 5 nitrogen and oxygen atoms in total. The molecule has 1 aromatic heterocycles. The molecule has 0 aliphatic carbocycles. The van der Waals surface area contributed by atoms with Crippen LogP contribution in [0, 0.1) is 0 Å². The zero-order chi connectivity index (χ0) is 20.4. The normalized spacial score (nSPS) is 10.8. The van der Waals surface area contributed by atoms with Crippen molar-refractivity contribution in [3.8, 4) is 38.9 Å². The number of rotatable bonds is 6. The zero-order valence-electron chi connectivity index (χ0n) is 16.8. The van der Waals surface area contributed by atoms with Crippen molar-refractivity contribution in [2.45, 2.75) is 0 Å². The molecule has 29 heavy (non-hydrogen) atoms. The molecule has 0 bridgehead atoms. The van der Waals surface area contributed by atoms with Crippen LogP contribution in [-0.4, -0.2) is 33.4 Å². The minimum Gasteiger partial charge on any atom is -0.493 e. The van der Waals surface area contributed by atoms with Gasteiger partial charge in [-0.15, -0.1) is 0 Å². The number of nitrogens with zero attached hydrogens (tertiary/aromatic N) is 1. The van der Waals surface area contributed by atoms with Crippen LogP contribution in [0.15, 0.2) is 54.6 Å². The van der Waals surface area contributed by atoms with Crippen molar-refractivity contribution in [3.63, 3.8) is 0 Å². The van der Waals surface area contributed by atoms with Crippen molar-refractivity contribution in [2.24, 2.45) is 0 Å². The van der Waals surface area contributed by atoms with E-state index >= 15 is 0 Å². The summed E-state index contributed by atoms with van der Waals surface area (Å²) in [4.78, 5) is 5.90. The largest absolute Gasteiger partial charge is 0.493 e. The van der Waals surface area contributed by atoms with Gasteiger partial charge in [0.15, 0.2) is 16.6 Å². The van der Waals surface area contributed by atoms with E-state index < -0.39 is 0 Å². The summed E-state index contributed by atoms with van der Waals surface area (Å²) in [5.74, 6) is 1.77. The van der Waals surface area contributed by atoms with E-state index in [1.54, 1.807) is 32.7 Å². The van der Waals surface area contributed by atoms with E-state index in [1.165, 1.54) is 10.8 Å². The van der Waals surface area contributed by atoms with Gasteiger partial charge in [0.25, 0.3) is 0 Å². The average Bonchev–Trinajstić information content (AvgIpc) is 3.22. The molecule has 0 fully saturated rings. The summed E-state index contributed by atoms with van der Waals surface area (Å²) in [7, 11) is 6.71. The molecular formula is C23H22N2O3S. The molecule has 3 aromatic carbocycles. The molecule has 0 radical (unpaired) electrons. The Hall–Kier alpha value is -3.25. The van der Waals surface area contributed by atoms with Gasteiger partial charge in [-0.2, -0.15) is 0 Å². The number of anilines is 1. The van der Waals surface area contributed by atoms with Crippen LogP contribution in [0.4, 0.5) is 5.13 Å². The Bertz CT molecular complexity index is 1140. The number of fused-ring (bicyclic) bond motifs is 1. The molecule has 0 saturated heterocycles. The first kappa shape index (κ1) is 19.1. The van der Waals surface area contributed by atoms with Gasteiger partial charge in [0.1, 0.15) is 0 Å². The number of benzene rings is 3. The van der Waals surface area contributed by atoms with Gasteiger partial charge in [-0.25, -0.2) is 4.98 Å². The first-order valence-corrected chi connectivity index (χ1v) is 9.98. The third kappa shape index (κ3) is 3.47. The lowest BCUT2D eigenvalue weighted by atomic mass is 10.0. The van der Waals surface area contributed by atoms with Crippen molar-refractivity contribution < 1.29 is 14.2 Å². The quantitative estimate of drug-likeness (QED) is 0.445. The van der Waals surface area contributed by atoms with Crippen LogP contribution in [0.2, 0.25) is 0 Å². The fourth-order valence-corrected chi connectivity index (χ4v) is 4.30. The maximum Gasteiger partial charge on any atom is 0.203 e. The van der Waals surface area contributed by atoms with Gasteiger partial charge in [-0.05, 0) is 34.5 Å². The number of hydrogen-bond donors (Lipinski definition) is 1. The molecule has 6 heteroatoms. The maximum absolute atomic E-state index is 5.53. The molecule has 0 aliphatic heterocycles. The standard InChI is InChI=1S/C23H22N2O3S/c1-24-23-25-20(17-12-18(26-2)21(28-4)19(13-17)27-3)22(29-23)16-10-9-14-7-5-6-8-15(14)11-16/h5-13H,1-4H3,(H,24,25). The third-order valence-electron chi connectivity index (χ3n) is 4.79. The van der Waals surface area contributed by atoms with E-state index in [0.717, 1.165) is 26.8 Å². The monoisotopic (exact) mass is 406 g/mol. The molecule has 0 unspecified atom stereocenters. The molecule has 148 valence electrons. The van der Waals surface area contributed by atoms with Gasteiger partial charge >= 0.3 is 0 Å². The van der Waals surface area contributed by atoms with E-state index in [4.69, 9.17) is 19.2 Å². The Morgan fingerprint density at radius 2 is 1.48 bits per heavy atom. The summed E-state index contributed by atoms with van der Waals surface area (Å²) in [6.45, 7) is 0. The lowest BCUT2D eigenvalue weighted by Crippen LogP contribution is -1.96. The molecular weight excluding hydrogens is 384 g/mol. The Balaban J connectivity index is 1.92. The van der Waals surface area contributed by atoms with E-state index in [1.807, 2.05) is 19.2 Å². The Labute approximate surface area is 173 Å². The smallest absolute Gasteiger partial charge is 0.203 e. The number of ether oxygens (including phenoxy) is 3. The minimum absolute atomic E-state index is 0.565. The summed E-state index contributed by atoms with van der Waals surface area (Å²) in [6, 6.07) is 18.7. The number of thiazole rings is 1. The molecule has 1 heterocycles. The fraction of sp³-hybridized carbons (Fsp3) is 0.174. The number of hydrogen-bond acceptors (Lipinski definition) is 6. The lowest BCUT2D eigenvalue weighted by Gasteiger charge is -2.14. The summed E-state index contributed by atoms with van der Waals surface area (Å²) >= 11 is 1.62. The highest BCUT2D eigenvalue weighted by Gasteiger charge is 2.20. The number of nitrogens with one attached hydrogen (secondary N) is 1. The van der Waals surface area contributed by atoms with E-state index in [0.29, 0.717) is 17.2 Å². The molecule has 1 N–H and O–H groups in total. The van der Waals surface area contributed by atoms with Crippen LogP contribution in [0.1, 0.15) is 0 Å². The predicted octanol–water partition coefficient (Wildman–Crippen LogP) is 5.70. The first-order valence-electron chi connectivity index (χ1n) is 9.16. The van der Waals surface area contributed by atoms with Gasteiger partial charge in [0, 0.05) is 12.6 Å². The molecule has 4 aromatic rings. The average molecular weight is 407 g/mol. The highest BCUT2D eigenvalue weighted by Crippen LogP contribution is 2.45. The summed E-state index contributed by atoms with van der Waals surface area (Å²) in [5.41, 5.74) is 2.89. The first-order chi connectivity index (χ1) is 14.2. The van der Waals surface area contributed by atoms with Crippen LogP contribution < -0.4 is 19.5 Å². The lowest BCUT2D eigenvalue weighted by molar-refractivity contribution is 0.324. The Morgan fingerprint density at radius 3 is 2.10 bits per heavy atom. The SMILES string of the molecule is CNc1nc(-c2cc(OC)c(OC)c(OC)c2)c(-c2ccc3ccccc3c2)s1. The van der Waals surface area contributed by atoms with Crippen LogP contribution >= 0.6 is 11.3 Å². The molecule has 0 amide bonds. The van der Waals surface area contributed by atoms with E-state index in [9.17, 15) is 0 Å². The highest BCUT2D eigenvalue weighted by atomic mass is 32.1. The van der Waals surface area contributed by atoms with Gasteiger partial charge in [-0.1, -0.05) is 47.7 Å². The van der Waals surface area contributed by atoms with Crippen LogP contribution in [0.5, 0.6) is 17.2 Å². The second-order valence-electron chi connectivity index (χ2n) is 6.42. The van der Waals surface area contributed by atoms with Crippen molar-refractivity contribution in [1.82, 2.24) is 4.98 Å². The second-order valence-corrected chi connectivity index (χ2v) is 7.42. The molecule has 0 aliphatic rings. The highest BCUT2D eigenvalue weighted by molar-refractivity contribution is 7.19. The third-order valence-corrected chi connectivity index (χ3v) is 5.91. The van der Waals surface area contributed by atoms with Crippen molar-refractivity contribution in [3.05, 3.63) is 54.6 Å². The van der Waals surface area contributed by atoms with Gasteiger partial charge < -0.3 is 19.5 Å². The zero-order valence-corrected chi connectivity index (χ0v) is 17.6. The summed E-state index contributed by atoms with van der Waals surface area (Å²) < 4.78 is 16.5. The summed E-state index contributed by atoms with van der Waals surface area (Å²) in [6.07, 6.45) is 0. The fourth-order valence-electron chi connectivity index (χ4n) is 3.37. The van der Waals surface area contributed by atoms with Crippen LogP contribution in [0.3, 0.4) is 0 Å². The van der Waals surface area contributed by atoms with Crippen molar-refractivity contribution in [2.75, 3.05) is 33.7 Å². The molecule has 4 rings (SSSR count). The van der Waals surface area contributed by atoms with Gasteiger partial charge in [0.05, 0.1) is 31.9 Å². The second kappa shape index (κ2) is 8.01. The molecule has 0 saturated carbocycles. The Morgan fingerprint density at radius 1 is 0.793 bits per heavy atom. The van der Waals surface area contributed by atoms with Crippen molar-refractivity contribution >= 4 is 27.2 Å². The van der Waals surface area contributed by atoms with Crippen LogP contribution in [-0.2, 0) is 0 Å². The van der Waals surface area contributed by atoms with Crippen LogP contribution in [0.25, 0.3) is 32.5 Å². The molecule has 0 atom stereocenters. The number of methoxy groups -OCH3 is 3. The topological polar surface area (TPSA) is 52.6 Å². The molecule has 0 spiro atoms. The van der Waals surface area contributed by atoms with E-state index in [2.05, 4.69) is 47.8 Å². The summed E-state index contributed by atoms with van der Waals surface area (Å²) in [5, 5.41) is 6.42. The predicted molar refractivity (Wildman–Crippen MR) is 120 cm³/mol. The van der Waals surface area contributed by atoms with Gasteiger partial charge in [-0.3, -0.25) is 0 Å². The van der Waals surface area contributed by atoms with Crippen molar-refractivity contribution in [1.29, 1.82) is 0 Å². The minimum atomic E-state index is 0.565. The van der Waals surface area contributed by atoms with Gasteiger partial charge in [0.2, 0.25) is 5.75 Å². The van der Waals surface area contributed by atoms with E-state index in [-0.39, 0.29) is 0 Å². The maximum atomic E-state index is 5.53.